The SMILES string of the molecule is CC(=C1c2ccccc2CCc2cc(Cn3cnc4ccccc43)ccc21)c1nnn[nH]1. The molecule has 0 saturated carbocycles. The first-order valence-corrected chi connectivity index (χ1v) is 10.8. The van der Waals surface area contributed by atoms with Crippen molar-refractivity contribution in [2.45, 2.75) is 26.3 Å². The number of allylic oxidation sites excluding steroid dienone is 1. The van der Waals surface area contributed by atoms with Crippen molar-refractivity contribution in [3.05, 3.63) is 107 Å². The van der Waals surface area contributed by atoms with Crippen molar-refractivity contribution in [1.82, 2.24) is 30.2 Å². The molecule has 0 unspecified atom stereocenters. The fraction of sp³-hybridized carbons (Fsp3) is 0.154. The average Bonchev–Trinajstić information content (AvgIpc) is 3.47. The van der Waals surface area contributed by atoms with Gasteiger partial charge in [0.25, 0.3) is 0 Å². The molecule has 1 aliphatic carbocycles. The summed E-state index contributed by atoms with van der Waals surface area (Å²) in [5, 5.41) is 14.7. The minimum atomic E-state index is 0.705. The van der Waals surface area contributed by atoms with Gasteiger partial charge in [-0.25, -0.2) is 10.1 Å². The molecule has 32 heavy (non-hydrogen) atoms. The Labute approximate surface area is 185 Å². The second-order valence-corrected chi connectivity index (χ2v) is 8.26. The van der Waals surface area contributed by atoms with E-state index in [2.05, 4.69) is 97.8 Å². The Kier molecular flexibility index (Phi) is 4.42. The maximum absolute atomic E-state index is 4.54. The van der Waals surface area contributed by atoms with Gasteiger partial charge in [0.2, 0.25) is 0 Å². The lowest BCUT2D eigenvalue weighted by Crippen LogP contribution is -2.02. The van der Waals surface area contributed by atoms with Crippen molar-refractivity contribution in [2.24, 2.45) is 0 Å². The van der Waals surface area contributed by atoms with Crippen LogP contribution >= 0.6 is 0 Å². The van der Waals surface area contributed by atoms with E-state index in [-0.39, 0.29) is 0 Å². The van der Waals surface area contributed by atoms with Crippen LogP contribution in [0.2, 0.25) is 0 Å². The van der Waals surface area contributed by atoms with Crippen molar-refractivity contribution in [1.29, 1.82) is 0 Å². The van der Waals surface area contributed by atoms with Crippen molar-refractivity contribution in [2.75, 3.05) is 0 Å². The van der Waals surface area contributed by atoms with Crippen molar-refractivity contribution in [3.8, 4) is 0 Å². The first kappa shape index (κ1) is 18.7. The zero-order valence-corrected chi connectivity index (χ0v) is 17.8. The number of hydrogen-bond acceptors (Lipinski definition) is 4. The van der Waals surface area contributed by atoms with E-state index in [0.29, 0.717) is 5.82 Å². The zero-order chi connectivity index (χ0) is 21.5. The van der Waals surface area contributed by atoms with E-state index in [4.69, 9.17) is 0 Å². The number of nitrogens with one attached hydrogen (secondary N) is 1. The van der Waals surface area contributed by atoms with E-state index in [0.717, 1.165) is 36.0 Å². The van der Waals surface area contributed by atoms with Gasteiger partial charge in [0.05, 0.1) is 17.4 Å². The highest BCUT2D eigenvalue weighted by molar-refractivity contribution is 5.98. The van der Waals surface area contributed by atoms with Crippen molar-refractivity contribution >= 4 is 22.2 Å². The molecule has 3 aromatic carbocycles. The average molecular weight is 419 g/mol. The summed E-state index contributed by atoms with van der Waals surface area (Å²) >= 11 is 0. The molecule has 2 aromatic heterocycles. The molecule has 5 aromatic rings. The predicted molar refractivity (Wildman–Crippen MR) is 125 cm³/mol. The first-order chi connectivity index (χ1) is 15.8. The van der Waals surface area contributed by atoms with E-state index < -0.39 is 0 Å². The Morgan fingerprint density at radius 2 is 1.75 bits per heavy atom. The zero-order valence-electron chi connectivity index (χ0n) is 17.8. The highest BCUT2D eigenvalue weighted by atomic mass is 15.5. The van der Waals surface area contributed by atoms with Crippen molar-refractivity contribution in [3.63, 3.8) is 0 Å². The molecule has 0 fully saturated rings. The third kappa shape index (κ3) is 3.12. The number of H-pyrrole nitrogens is 1. The molecule has 0 aliphatic heterocycles. The molecule has 0 radical (unpaired) electrons. The summed E-state index contributed by atoms with van der Waals surface area (Å²) in [4.78, 5) is 4.54. The van der Waals surface area contributed by atoms with Crippen LogP contribution in [0.3, 0.4) is 0 Å². The van der Waals surface area contributed by atoms with Gasteiger partial charge in [-0.1, -0.05) is 54.6 Å². The van der Waals surface area contributed by atoms with Crippen LogP contribution in [-0.4, -0.2) is 30.2 Å². The van der Waals surface area contributed by atoms with E-state index in [1.807, 2.05) is 12.4 Å². The third-order valence-corrected chi connectivity index (χ3v) is 6.35. The molecule has 0 amide bonds. The van der Waals surface area contributed by atoms with Crippen LogP contribution < -0.4 is 0 Å². The Balaban J connectivity index is 1.47. The fourth-order valence-electron chi connectivity index (χ4n) is 4.77. The number of imidazole rings is 1. The van der Waals surface area contributed by atoms with Crippen LogP contribution in [0, 0.1) is 0 Å². The Hall–Kier alpha value is -4.06. The van der Waals surface area contributed by atoms with Gasteiger partial charge in [-0.15, -0.1) is 5.10 Å². The smallest absolute Gasteiger partial charge is 0.175 e. The summed E-state index contributed by atoms with van der Waals surface area (Å²) in [5.74, 6) is 0.705. The van der Waals surface area contributed by atoms with Gasteiger partial charge in [0, 0.05) is 12.1 Å². The highest BCUT2D eigenvalue weighted by Gasteiger charge is 2.22. The molecule has 6 heteroatoms. The molecule has 6 rings (SSSR count). The van der Waals surface area contributed by atoms with Crippen LogP contribution in [0.4, 0.5) is 0 Å². The molecule has 2 heterocycles. The van der Waals surface area contributed by atoms with Gasteiger partial charge in [0.15, 0.2) is 5.82 Å². The minimum absolute atomic E-state index is 0.705. The third-order valence-electron chi connectivity index (χ3n) is 6.35. The number of hydrogen-bond donors (Lipinski definition) is 1. The summed E-state index contributed by atoms with van der Waals surface area (Å²) in [6, 6.07) is 23.8. The largest absolute Gasteiger partial charge is 0.326 e. The molecular formula is C26H22N6. The van der Waals surface area contributed by atoms with Gasteiger partial charge < -0.3 is 4.57 Å². The van der Waals surface area contributed by atoms with Crippen LogP contribution in [0.15, 0.2) is 73.1 Å². The lowest BCUT2D eigenvalue weighted by molar-refractivity contribution is 0.821. The number of para-hydroxylation sites is 2. The van der Waals surface area contributed by atoms with Gasteiger partial charge in [-0.3, -0.25) is 0 Å². The van der Waals surface area contributed by atoms with Gasteiger partial charge in [-0.05, 0) is 75.7 Å². The fourth-order valence-corrected chi connectivity index (χ4v) is 4.77. The van der Waals surface area contributed by atoms with E-state index in [9.17, 15) is 0 Å². The predicted octanol–water partition coefficient (Wildman–Crippen LogP) is 4.68. The van der Waals surface area contributed by atoms with Crippen LogP contribution in [0.5, 0.6) is 0 Å². The molecule has 6 nitrogen and oxygen atoms in total. The lowest BCUT2D eigenvalue weighted by atomic mass is 9.89. The highest BCUT2D eigenvalue weighted by Crippen LogP contribution is 2.38. The molecule has 156 valence electrons. The van der Waals surface area contributed by atoms with Crippen LogP contribution in [0.25, 0.3) is 22.2 Å². The number of aromatic nitrogens is 6. The van der Waals surface area contributed by atoms with Gasteiger partial charge >= 0.3 is 0 Å². The maximum atomic E-state index is 4.54. The second kappa shape index (κ2) is 7.57. The Morgan fingerprint density at radius 1 is 0.938 bits per heavy atom. The number of nitrogens with zero attached hydrogens (tertiary/aromatic N) is 5. The molecule has 1 N–H and O–H groups in total. The quantitative estimate of drug-likeness (QED) is 0.462. The van der Waals surface area contributed by atoms with E-state index in [1.54, 1.807) is 0 Å². The summed E-state index contributed by atoms with van der Waals surface area (Å²) in [7, 11) is 0. The summed E-state index contributed by atoms with van der Waals surface area (Å²) < 4.78 is 2.21. The van der Waals surface area contributed by atoms with Crippen LogP contribution in [-0.2, 0) is 19.4 Å². The lowest BCUT2D eigenvalue weighted by Gasteiger charge is -2.16. The summed E-state index contributed by atoms with van der Waals surface area (Å²) in [6.07, 6.45) is 3.93. The summed E-state index contributed by atoms with van der Waals surface area (Å²) in [6.45, 7) is 2.89. The molecule has 0 bridgehead atoms. The molecular weight excluding hydrogens is 396 g/mol. The number of rotatable bonds is 3. The Bertz CT molecular complexity index is 1460. The summed E-state index contributed by atoms with van der Waals surface area (Å²) in [5.41, 5.74) is 10.9. The molecule has 0 atom stereocenters. The number of benzene rings is 3. The maximum Gasteiger partial charge on any atom is 0.175 e. The number of aromatic amines is 1. The number of aryl methyl sites for hydroxylation is 2. The standard InChI is InChI=1S/C26H22N6/c1-17(26-28-30-31-29-26)25-21-7-3-2-6-19(21)11-12-20-14-18(10-13-22(20)25)15-32-16-27-23-8-4-5-9-24(23)32/h2-10,13-14,16H,11-12,15H2,1H3,(H,28,29,30,31). The number of tetrazole rings is 1. The van der Waals surface area contributed by atoms with E-state index in [1.165, 1.54) is 33.4 Å². The number of fused-ring (bicyclic) bond motifs is 3. The Morgan fingerprint density at radius 3 is 2.66 bits per heavy atom. The minimum Gasteiger partial charge on any atom is -0.326 e. The van der Waals surface area contributed by atoms with Gasteiger partial charge in [-0.2, -0.15) is 0 Å². The normalized spacial score (nSPS) is 14.7. The molecule has 0 spiro atoms. The molecule has 1 aliphatic rings. The molecule has 0 saturated heterocycles. The second-order valence-electron chi connectivity index (χ2n) is 8.26. The first-order valence-electron chi connectivity index (χ1n) is 10.8. The topological polar surface area (TPSA) is 72.3 Å². The van der Waals surface area contributed by atoms with E-state index >= 15 is 0 Å². The van der Waals surface area contributed by atoms with Crippen LogP contribution in [0.1, 0.15) is 40.6 Å². The van der Waals surface area contributed by atoms with Gasteiger partial charge in [0.1, 0.15) is 0 Å². The van der Waals surface area contributed by atoms with Crippen molar-refractivity contribution < 1.29 is 0 Å². The monoisotopic (exact) mass is 418 g/mol.